The Hall–Kier alpha value is -2.37. The van der Waals surface area contributed by atoms with Gasteiger partial charge in [0.15, 0.2) is 12.1 Å². The molecule has 0 aromatic heterocycles. The molecule has 0 radical (unpaired) electrons. The highest BCUT2D eigenvalue weighted by molar-refractivity contribution is 5.81. The second-order valence-corrected chi connectivity index (χ2v) is 7.82. The number of nitrogens with zero attached hydrogens (tertiary/aromatic N) is 1. The number of benzene rings is 2. The van der Waals surface area contributed by atoms with E-state index in [0.29, 0.717) is 12.6 Å². The van der Waals surface area contributed by atoms with Crippen molar-refractivity contribution >= 4 is 11.7 Å². The predicted molar refractivity (Wildman–Crippen MR) is 106 cm³/mol. The number of piperidine rings is 3. The van der Waals surface area contributed by atoms with Crippen LogP contribution in [-0.4, -0.2) is 42.9 Å². The zero-order valence-electron chi connectivity index (χ0n) is 15.6. The fourth-order valence-electron chi connectivity index (χ4n) is 4.45. The molecule has 0 aliphatic carbocycles. The van der Waals surface area contributed by atoms with E-state index in [2.05, 4.69) is 5.32 Å². The van der Waals surface area contributed by atoms with Crippen LogP contribution in [0.4, 0.5) is 5.69 Å². The van der Waals surface area contributed by atoms with Gasteiger partial charge < -0.3 is 14.5 Å². The fourth-order valence-corrected chi connectivity index (χ4v) is 4.45. The van der Waals surface area contributed by atoms with Gasteiger partial charge in [-0.3, -0.25) is 5.73 Å². The molecule has 3 saturated heterocycles. The largest absolute Gasteiger partial charge is 0.454 e. The van der Waals surface area contributed by atoms with Crippen LogP contribution in [0.2, 0.25) is 0 Å². The number of carbonyl (C=O) groups is 1. The number of rotatable bonds is 6. The lowest BCUT2D eigenvalue weighted by atomic mass is 9.83. The van der Waals surface area contributed by atoms with Crippen LogP contribution in [-0.2, 0) is 9.53 Å². The minimum atomic E-state index is -0.518. The van der Waals surface area contributed by atoms with Gasteiger partial charge in [-0.2, -0.15) is 0 Å². The summed E-state index contributed by atoms with van der Waals surface area (Å²) in [5, 5.41) is 3.35. The maximum atomic E-state index is 13.2. The number of carbonyl (C=O) groups excluding carboxylic acids is 1. The SMILES string of the molecule is NC[N+]12CCC(CC1)[C@@H](OC(=O)[C@H](Nc1ccccc1)c1ccccc1)C2. The molecular formula is C22H28N3O2+. The highest BCUT2D eigenvalue weighted by atomic mass is 16.5. The van der Waals surface area contributed by atoms with Gasteiger partial charge in [-0.25, -0.2) is 4.79 Å². The maximum absolute atomic E-state index is 13.2. The Labute approximate surface area is 160 Å². The molecule has 2 bridgehead atoms. The van der Waals surface area contributed by atoms with Crippen molar-refractivity contribution in [2.75, 3.05) is 31.6 Å². The van der Waals surface area contributed by atoms with Crippen LogP contribution in [0.3, 0.4) is 0 Å². The summed E-state index contributed by atoms with van der Waals surface area (Å²) in [5.74, 6) is 0.257. The van der Waals surface area contributed by atoms with Gasteiger partial charge in [-0.15, -0.1) is 0 Å². The molecular weight excluding hydrogens is 338 g/mol. The molecule has 142 valence electrons. The Kier molecular flexibility index (Phi) is 5.14. The zero-order valence-corrected chi connectivity index (χ0v) is 15.6. The van der Waals surface area contributed by atoms with Gasteiger partial charge >= 0.3 is 5.97 Å². The molecule has 3 fully saturated rings. The van der Waals surface area contributed by atoms with E-state index in [1.165, 1.54) is 0 Å². The molecule has 2 aromatic carbocycles. The number of hydrogen-bond acceptors (Lipinski definition) is 4. The third-order valence-electron chi connectivity index (χ3n) is 6.15. The smallest absolute Gasteiger partial charge is 0.333 e. The molecule has 2 aromatic rings. The summed E-state index contributed by atoms with van der Waals surface area (Å²) in [7, 11) is 0. The lowest BCUT2D eigenvalue weighted by Crippen LogP contribution is -2.66. The van der Waals surface area contributed by atoms with Gasteiger partial charge in [-0.1, -0.05) is 48.5 Å². The van der Waals surface area contributed by atoms with Gasteiger partial charge in [0, 0.05) is 24.4 Å². The van der Waals surface area contributed by atoms with Crippen molar-refractivity contribution in [2.24, 2.45) is 11.7 Å². The molecule has 0 spiro atoms. The first-order chi connectivity index (χ1) is 13.2. The van der Waals surface area contributed by atoms with Gasteiger partial charge in [-0.05, 0) is 17.7 Å². The van der Waals surface area contributed by atoms with Crippen LogP contribution in [0.15, 0.2) is 60.7 Å². The topological polar surface area (TPSA) is 64.3 Å². The third kappa shape index (κ3) is 3.84. The summed E-state index contributed by atoms with van der Waals surface area (Å²) in [5.41, 5.74) is 7.86. The normalized spacial score (nSPS) is 27.7. The number of nitrogens with one attached hydrogen (secondary N) is 1. The van der Waals surface area contributed by atoms with Crippen LogP contribution in [0.25, 0.3) is 0 Å². The average Bonchev–Trinajstić information content (AvgIpc) is 2.74. The molecule has 3 heterocycles. The van der Waals surface area contributed by atoms with E-state index in [4.69, 9.17) is 10.5 Å². The highest BCUT2D eigenvalue weighted by Crippen LogP contribution is 2.35. The molecule has 5 heteroatoms. The lowest BCUT2D eigenvalue weighted by molar-refractivity contribution is -0.945. The molecule has 5 nitrogen and oxygen atoms in total. The first kappa shape index (κ1) is 18.0. The third-order valence-corrected chi connectivity index (χ3v) is 6.15. The Bertz CT molecular complexity index is 758. The van der Waals surface area contributed by atoms with E-state index < -0.39 is 6.04 Å². The van der Waals surface area contributed by atoms with Crippen molar-refractivity contribution in [1.82, 2.24) is 0 Å². The van der Waals surface area contributed by atoms with E-state index >= 15 is 0 Å². The number of esters is 1. The van der Waals surface area contributed by atoms with Crippen LogP contribution >= 0.6 is 0 Å². The molecule has 27 heavy (non-hydrogen) atoms. The lowest BCUT2D eigenvalue weighted by Gasteiger charge is -2.51. The van der Waals surface area contributed by atoms with Crippen LogP contribution in [0.5, 0.6) is 0 Å². The van der Waals surface area contributed by atoms with E-state index in [0.717, 1.165) is 48.2 Å². The van der Waals surface area contributed by atoms with Gasteiger partial charge in [0.05, 0.1) is 13.1 Å². The molecule has 0 amide bonds. The molecule has 3 aliphatic heterocycles. The summed E-state index contributed by atoms with van der Waals surface area (Å²) in [4.78, 5) is 13.2. The number of para-hydroxylation sites is 1. The number of hydrogen-bond donors (Lipinski definition) is 2. The van der Waals surface area contributed by atoms with Crippen molar-refractivity contribution in [3.05, 3.63) is 66.2 Å². The van der Waals surface area contributed by atoms with Gasteiger partial charge in [0.2, 0.25) is 0 Å². The van der Waals surface area contributed by atoms with Crippen molar-refractivity contribution in [1.29, 1.82) is 0 Å². The minimum Gasteiger partial charge on any atom is -0.454 e. The van der Waals surface area contributed by atoms with Crippen molar-refractivity contribution < 1.29 is 14.0 Å². The fraction of sp³-hybridized carbons (Fsp3) is 0.409. The second-order valence-electron chi connectivity index (χ2n) is 7.82. The summed E-state index contributed by atoms with van der Waals surface area (Å²) >= 11 is 0. The molecule has 2 atom stereocenters. The Morgan fingerprint density at radius 2 is 1.70 bits per heavy atom. The van der Waals surface area contributed by atoms with Gasteiger partial charge in [0.25, 0.3) is 0 Å². The molecule has 5 rings (SSSR count). The monoisotopic (exact) mass is 366 g/mol. The van der Waals surface area contributed by atoms with Crippen molar-refractivity contribution in [2.45, 2.75) is 25.0 Å². The standard InChI is InChI=1S/C22H28N3O2/c23-16-25-13-11-17(12-14-25)20(15-25)27-22(26)21(18-7-3-1-4-8-18)24-19-9-5-2-6-10-19/h1-10,17,20-21,24H,11-16,23H2/q+1/t17?,20-,21+,25?/m0/s1. The summed E-state index contributed by atoms with van der Waals surface area (Å²) in [6, 6.07) is 19.1. The summed E-state index contributed by atoms with van der Waals surface area (Å²) in [6.45, 7) is 3.70. The number of ether oxygens (including phenoxy) is 1. The number of anilines is 1. The van der Waals surface area contributed by atoms with E-state index in [1.807, 2.05) is 60.7 Å². The molecule has 0 saturated carbocycles. The molecule has 3 N–H and O–H groups in total. The van der Waals surface area contributed by atoms with E-state index in [9.17, 15) is 4.79 Å². The molecule has 3 aliphatic rings. The van der Waals surface area contributed by atoms with Crippen molar-refractivity contribution in [3.8, 4) is 0 Å². The van der Waals surface area contributed by atoms with Crippen molar-refractivity contribution in [3.63, 3.8) is 0 Å². The Morgan fingerprint density at radius 3 is 2.33 bits per heavy atom. The summed E-state index contributed by atoms with van der Waals surface area (Å²) < 4.78 is 6.95. The molecule has 0 unspecified atom stereocenters. The number of nitrogens with two attached hydrogens (primary N) is 1. The number of fused-ring (bicyclic) bond motifs is 3. The van der Waals surface area contributed by atoms with Crippen LogP contribution < -0.4 is 11.1 Å². The Morgan fingerprint density at radius 1 is 1.07 bits per heavy atom. The quantitative estimate of drug-likeness (QED) is 0.609. The zero-order chi connectivity index (χ0) is 18.7. The first-order valence-electron chi connectivity index (χ1n) is 9.81. The van der Waals surface area contributed by atoms with Crippen LogP contribution in [0.1, 0.15) is 24.4 Å². The second kappa shape index (κ2) is 7.71. The average molecular weight is 366 g/mol. The van der Waals surface area contributed by atoms with E-state index in [1.54, 1.807) is 0 Å². The Balaban J connectivity index is 1.52. The van der Waals surface area contributed by atoms with E-state index in [-0.39, 0.29) is 12.1 Å². The predicted octanol–water partition coefficient (Wildman–Crippen LogP) is 2.91. The number of quaternary nitrogens is 1. The van der Waals surface area contributed by atoms with Gasteiger partial charge in [0.1, 0.15) is 13.2 Å². The first-order valence-corrected chi connectivity index (χ1v) is 9.81. The minimum absolute atomic E-state index is 0.0349. The maximum Gasteiger partial charge on any atom is 0.333 e. The summed E-state index contributed by atoms with van der Waals surface area (Å²) in [6.07, 6.45) is 2.15. The highest BCUT2D eigenvalue weighted by Gasteiger charge is 2.47. The van der Waals surface area contributed by atoms with Crippen LogP contribution in [0, 0.1) is 5.92 Å².